The van der Waals surface area contributed by atoms with Crippen molar-refractivity contribution in [2.24, 2.45) is 0 Å². The second kappa shape index (κ2) is 7.19. The van der Waals surface area contributed by atoms with E-state index in [2.05, 4.69) is 15.6 Å². The molecule has 1 aromatic heterocycles. The number of phenolic OH excluding ortho intramolecular Hbond substituents is 1. The van der Waals surface area contributed by atoms with Crippen molar-refractivity contribution in [3.63, 3.8) is 0 Å². The predicted molar refractivity (Wildman–Crippen MR) is 106 cm³/mol. The van der Waals surface area contributed by atoms with E-state index in [1.165, 1.54) is 23.8 Å². The summed E-state index contributed by atoms with van der Waals surface area (Å²) >= 11 is 0. The van der Waals surface area contributed by atoms with Crippen molar-refractivity contribution >= 4 is 11.8 Å². The van der Waals surface area contributed by atoms with E-state index in [9.17, 15) is 19.5 Å². The Kier molecular flexibility index (Phi) is 4.55. The summed E-state index contributed by atoms with van der Waals surface area (Å²) in [6.45, 7) is 0.171. The van der Waals surface area contributed by atoms with Gasteiger partial charge in [0.2, 0.25) is 0 Å². The monoisotopic (exact) mass is 394 g/mol. The third-order valence-corrected chi connectivity index (χ3v) is 4.75. The molecule has 4 N–H and O–H groups in total. The molecular formula is C20H18N4O5. The van der Waals surface area contributed by atoms with Crippen molar-refractivity contribution < 1.29 is 14.6 Å². The maximum Gasteiger partial charge on any atom is 0.330 e. The number of ether oxygens (including phenoxy) is 1. The molecule has 2 aromatic carbocycles. The molecule has 0 saturated heterocycles. The number of nitrogens with one attached hydrogen (secondary N) is 3. The molecule has 9 nitrogen and oxygen atoms in total. The SMILES string of the molecule is COc1cc(C2NC(=O)Nc3c2c(=O)[nH]c(=O)n3Cc2ccccc2)ccc1O. The van der Waals surface area contributed by atoms with Gasteiger partial charge in [-0.2, -0.15) is 0 Å². The highest BCUT2D eigenvalue weighted by Gasteiger charge is 2.32. The molecule has 1 aliphatic rings. The highest BCUT2D eigenvalue weighted by atomic mass is 16.5. The largest absolute Gasteiger partial charge is 0.504 e. The number of phenols is 1. The fourth-order valence-electron chi connectivity index (χ4n) is 3.38. The van der Waals surface area contributed by atoms with Crippen LogP contribution in [0.2, 0.25) is 0 Å². The van der Waals surface area contributed by atoms with Gasteiger partial charge in [-0.3, -0.25) is 19.7 Å². The normalized spacial score (nSPS) is 15.2. The first kappa shape index (κ1) is 18.4. The minimum atomic E-state index is -0.834. The summed E-state index contributed by atoms with van der Waals surface area (Å²) in [4.78, 5) is 39.8. The Morgan fingerprint density at radius 2 is 1.86 bits per heavy atom. The molecule has 0 bridgehead atoms. The van der Waals surface area contributed by atoms with Gasteiger partial charge < -0.3 is 15.2 Å². The number of hydrogen-bond donors (Lipinski definition) is 4. The number of rotatable bonds is 4. The van der Waals surface area contributed by atoms with Crippen molar-refractivity contribution in [1.82, 2.24) is 14.9 Å². The van der Waals surface area contributed by atoms with E-state index in [-0.39, 0.29) is 29.4 Å². The smallest absolute Gasteiger partial charge is 0.330 e. The number of urea groups is 1. The third-order valence-electron chi connectivity index (χ3n) is 4.75. The average Bonchev–Trinajstić information content (AvgIpc) is 2.71. The topological polar surface area (TPSA) is 125 Å². The van der Waals surface area contributed by atoms with Crippen molar-refractivity contribution in [2.75, 3.05) is 12.4 Å². The number of carbonyl (C=O) groups excluding carboxylic acids is 1. The van der Waals surface area contributed by atoms with Crippen molar-refractivity contribution in [3.05, 3.63) is 86.1 Å². The van der Waals surface area contributed by atoms with Gasteiger partial charge in [-0.25, -0.2) is 9.59 Å². The number of fused-ring (bicyclic) bond motifs is 1. The summed E-state index contributed by atoms with van der Waals surface area (Å²) < 4.78 is 6.44. The first-order valence-electron chi connectivity index (χ1n) is 8.83. The van der Waals surface area contributed by atoms with Gasteiger partial charge in [0.15, 0.2) is 11.5 Å². The molecule has 9 heteroatoms. The van der Waals surface area contributed by atoms with Crippen LogP contribution < -0.4 is 26.6 Å². The summed E-state index contributed by atoms with van der Waals surface area (Å²) in [5.74, 6) is 0.258. The number of aromatic nitrogens is 2. The lowest BCUT2D eigenvalue weighted by Gasteiger charge is -2.28. The molecule has 0 fully saturated rings. The standard InChI is InChI=1S/C20H18N4O5/c1-29-14-9-12(7-8-13(14)25)16-15-17(22-19(27)21-16)24(20(28)23-18(15)26)10-11-5-3-2-4-6-11/h2-9,16,25H,10H2,1H3,(H2,21,22,27)(H,23,26,28). The second-order valence-electron chi connectivity index (χ2n) is 6.56. The first-order chi connectivity index (χ1) is 14.0. The molecule has 29 heavy (non-hydrogen) atoms. The van der Waals surface area contributed by atoms with Gasteiger partial charge in [0.1, 0.15) is 5.82 Å². The number of amides is 2. The summed E-state index contributed by atoms with van der Waals surface area (Å²) in [6, 6.07) is 12.3. The van der Waals surface area contributed by atoms with Gasteiger partial charge in [-0.1, -0.05) is 36.4 Å². The van der Waals surface area contributed by atoms with E-state index in [0.717, 1.165) is 5.56 Å². The maximum atomic E-state index is 12.7. The second-order valence-corrected chi connectivity index (χ2v) is 6.56. The molecule has 2 amide bonds. The number of hydrogen-bond acceptors (Lipinski definition) is 5. The highest BCUT2D eigenvalue weighted by molar-refractivity contribution is 5.92. The molecule has 1 atom stereocenters. The van der Waals surface area contributed by atoms with E-state index in [1.54, 1.807) is 6.07 Å². The summed E-state index contributed by atoms with van der Waals surface area (Å²) in [6.07, 6.45) is 0. The molecule has 1 aliphatic heterocycles. The van der Waals surface area contributed by atoms with Gasteiger partial charge in [0.05, 0.1) is 25.3 Å². The predicted octanol–water partition coefficient (Wildman–Crippen LogP) is 1.52. The minimum Gasteiger partial charge on any atom is -0.504 e. The molecule has 2 heterocycles. The van der Waals surface area contributed by atoms with Crippen LogP contribution in [0.1, 0.15) is 22.7 Å². The number of carbonyl (C=O) groups is 1. The van der Waals surface area contributed by atoms with Crippen molar-refractivity contribution in [1.29, 1.82) is 0 Å². The fourth-order valence-corrected chi connectivity index (χ4v) is 3.38. The lowest BCUT2D eigenvalue weighted by atomic mass is 9.98. The quantitative estimate of drug-likeness (QED) is 0.534. The molecule has 0 saturated carbocycles. The average molecular weight is 394 g/mol. The van der Waals surface area contributed by atoms with Crippen LogP contribution in [-0.2, 0) is 6.54 Å². The Labute approximate surface area is 164 Å². The molecule has 1 unspecified atom stereocenters. The van der Waals surface area contributed by atoms with Crippen LogP contribution in [0, 0.1) is 0 Å². The molecular weight excluding hydrogens is 376 g/mol. The molecule has 0 aliphatic carbocycles. The van der Waals surface area contributed by atoms with E-state index in [0.29, 0.717) is 5.56 Å². The molecule has 0 radical (unpaired) electrons. The van der Waals surface area contributed by atoms with Gasteiger partial charge >= 0.3 is 11.7 Å². The Morgan fingerprint density at radius 3 is 2.59 bits per heavy atom. The lowest BCUT2D eigenvalue weighted by Crippen LogP contribution is -2.46. The zero-order valence-corrected chi connectivity index (χ0v) is 15.4. The van der Waals surface area contributed by atoms with E-state index < -0.39 is 23.3 Å². The van der Waals surface area contributed by atoms with E-state index in [4.69, 9.17) is 4.74 Å². The maximum absolute atomic E-state index is 12.7. The van der Waals surface area contributed by atoms with Crippen LogP contribution in [0.15, 0.2) is 58.1 Å². The number of benzene rings is 2. The van der Waals surface area contributed by atoms with Gasteiger partial charge in [-0.05, 0) is 23.3 Å². The zero-order valence-electron chi connectivity index (χ0n) is 15.4. The lowest BCUT2D eigenvalue weighted by molar-refractivity contribution is 0.248. The molecule has 4 rings (SSSR count). The molecule has 3 aromatic rings. The Balaban J connectivity index is 1.89. The van der Waals surface area contributed by atoms with Gasteiger partial charge in [0.25, 0.3) is 5.56 Å². The number of methoxy groups -OCH3 is 1. The van der Waals surface area contributed by atoms with Crippen LogP contribution in [-0.4, -0.2) is 27.8 Å². The molecule has 0 spiro atoms. The van der Waals surface area contributed by atoms with Crippen LogP contribution in [0.25, 0.3) is 0 Å². The number of aromatic amines is 1. The first-order valence-corrected chi connectivity index (χ1v) is 8.83. The van der Waals surface area contributed by atoms with Crippen molar-refractivity contribution in [2.45, 2.75) is 12.6 Å². The third kappa shape index (κ3) is 3.33. The number of anilines is 1. The van der Waals surface area contributed by atoms with Crippen LogP contribution >= 0.6 is 0 Å². The molecule has 148 valence electrons. The van der Waals surface area contributed by atoms with E-state index >= 15 is 0 Å². The Morgan fingerprint density at radius 1 is 1.10 bits per heavy atom. The summed E-state index contributed by atoms with van der Waals surface area (Å²) in [5, 5.41) is 15.1. The number of nitrogens with zero attached hydrogens (tertiary/aromatic N) is 1. The van der Waals surface area contributed by atoms with Gasteiger partial charge in [-0.15, -0.1) is 0 Å². The fraction of sp³-hybridized carbons (Fsp3) is 0.150. The summed E-state index contributed by atoms with van der Waals surface area (Å²) in [7, 11) is 1.40. The number of aromatic hydroxyl groups is 1. The minimum absolute atomic E-state index is 0.0697. The van der Waals surface area contributed by atoms with Crippen LogP contribution in [0.3, 0.4) is 0 Å². The van der Waals surface area contributed by atoms with Crippen LogP contribution in [0.4, 0.5) is 10.6 Å². The summed E-state index contributed by atoms with van der Waals surface area (Å²) in [5.41, 5.74) is 0.305. The van der Waals surface area contributed by atoms with Crippen molar-refractivity contribution in [3.8, 4) is 11.5 Å². The van der Waals surface area contributed by atoms with E-state index in [1.807, 2.05) is 30.3 Å². The van der Waals surface area contributed by atoms with Gasteiger partial charge in [0, 0.05) is 0 Å². The Hall–Kier alpha value is -4.01. The zero-order chi connectivity index (χ0) is 20.5. The Bertz CT molecular complexity index is 1200. The number of H-pyrrole nitrogens is 1. The highest BCUT2D eigenvalue weighted by Crippen LogP contribution is 2.34. The van der Waals surface area contributed by atoms with Crippen LogP contribution in [0.5, 0.6) is 11.5 Å².